The Morgan fingerprint density at radius 2 is 2.18 bits per heavy atom. The van der Waals surface area contributed by atoms with Crippen LogP contribution in [0.25, 0.3) is 0 Å². The van der Waals surface area contributed by atoms with Crippen LogP contribution in [0.1, 0.15) is 44.3 Å². The number of carbonyl (C=O) groups is 1. The van der Waals surface area contributed by atoms with Gasteiger partial charge in [-0.1, -0.05) is 19.3 Å². The summed E-state index contributed by atoms with van der Waals surface area (Å²) >= 11 is 0. The third-order valence-electron chi connectivity index (χ3n) is 3.54. The molecule has 0 aliphatic heterocycles. The summed E-state index contributed by atoms with van der Waals surface area (Å²) in [4.78, 5) is 14.8. The van der Waals surface area contributed by atoms with Gasteiger partial charge in [-0.25, -0.2) is 4.98 Å². The summed E-state index contributed by atoms with van der Waals surface area (Å²) in [5.74, 6) is 0.914. The van der Waals surface area contributed by atoms with E-state index in [1.165, 1.54) is 32.1 Å². The highest BCUT2D eigenvalue weighted by molar-refractivity contribution is 5.66. The van der Waals surface area contributed by atoms with Crippen molar-refractivity contribution in [3.05, 3.63) is 18.2 Å². The zero-order chi connectivity index (χ0) is 12.1. The van der Waals surface area contributed by atoms with Crippen LogP contribution in [0, 0.1) is 5.92 Å². The first kappa shape index (κ1) is 12.1. The number of rotatable bonds is 5. The molecule has 0 unspecified atom stereocenters. The third kappa shape index (κ3) is 3.58. The van der Waals surface area contributed by atoms with Crippen molar-refractivity contribution in [2.45, 2.75) is 51.5 Å². The van der Waals surface area contributed by atoms with E-state index in [2.05, 4.69) is 9.55 Å². The molecule has 1 aliphatic rings. The largest absolute Gasteiger partial charge is 0.481 e. The van der Waals surface area contributed by atoms with Gasteiger partial charge >= 0.3 is 5.97 Å². The van der Waals surface area contributed by atoms with Gasteiger partial charge in [0.25, 0.3) is 0 Å². The normalized spacial score (nSPS) is 17.2. The fourth-order valence-electron chi connectivity index (χ4n) is 2.60. The summed E-state index contributed by atoms with van der Waals surface area (Å²) in [6, 6.07) is 0. The van der Waals surface area contributed by atoms with Crippen molar-refractivity contribution in [2.75, 3.05) is 0 Å². The van der Waals surface area contributed by atoms with Crippen LogP contribution in [0.5, 0.6) is 0 Å². The number of aliphatic carboxylic acids is 1. The van der Waals surface area contributed by atoms with Crippen LogP contribution in [0.3, 0.4) is 0 Å². The maximum absolute atomic E-state index is 10.6. The number of carboxylic acid groups (broad SMARTS) is 1. The van der Waals surface area contributed by atoms with E-state index in [1.54, 1.807) is 6.20 Å². The van der Waals surface area contributed by atoms with E-state index in [-0.39, 0.29) is 6.42 Å². The number of nitrogens with zero attached hydrogens (tertiary/aromatic N) is 2. The Morgan fingerprint density at radius 3 is 2.88 bits per heavy atom. The van der Waals surface area contributed by atoms with Crippen molar-refractivity contribution in [2.24, 2.45) is 5.92 Å². The van der Waals surface area contributed by atoms with Gasteiger partial charge < -0.3 is 9.67 Å². The predicted octanol–water partition coefficient (Wildman–Crippen LogP) is 2.48. The highest BCUT2D eigenvalue weighted by atomic mass is 16.4. The first-order valence-corrected chi connectivity index (χ1v) is 6.47. The second kappa shape index (κ2) is 5.84. The lowest BCUT2D eigenvalue weighted by molar-refractivity contribution is -0.137. The number of aromatic nitrogens is 2. The number of hydrogen-bond donors (Lipinski definition) is 1. The smallest absolute Gasteiger partial charge is 0.303 e. The summed E-state index contributed by atoms with van der Waals surface area (Å²) in [5.41, 5.74) is 0. The summed E-state index contributed by atoms with van der Waals surface area (Å²) in [6.07, 6.45) is 11.1. The molecule has 94 valence electrons. The molecule has 4 heteroatoms. The van der Waals surface area contributed by atoms with Gasteiger partial charge in [0.2, 0.25) is 0 Å². The molecule has 0 bridgehead atoms. The average molecular weight is 236 g/mol. The Kier molecular flexibility index (Phi) is 4.18. The Balaban J connectivity index is 1.91. The van der Waals surface area contributed by atoms with Gasteiger partial charge in [0.05, 0.1) is 6.42 Å². The summed E-state index contributed by atoms with van der Waals surface area (Å²) < 4.78 is 2.14. The molecule has 1 saturated carbocycles. The molecular weight excluding hydrogens is 216 g/mol. The quantitative estimate of drug-likeness (QED) is 0.854. The molecule has 1 aromatic rings. The van der Waals surface area contributed by atoms with Crippen LogP contribution in [-0.4, -0.2) is 20.6 Å². The number of aryl methyl sites for hydroxylation is 1. The molecule has 17 heavy (non-hydrogen) atoms. The third-order valence-corrected chi connectivity index (χ3v) is 3.54. The molecule has 1 heterocycles. The van der Waals surface area contributed by atoms with E-state index < -0.39 is 5.97 Å². The van der Waals surface area contributed by atoms with Crippen LogP contribution in [0.15, 0.2) is 12.4 Å². The van der Waals surface area contributed by atoms with Gasteiger partial charge in [-0.3, -0.25) is 4.79 Å². The van der Waals surface area contributed by atoms with Crippen molar-refractivity contribution in [1.29, 1.82) is 0 Å². The Bertz CT molecular complexity index is 367. The molecule has 1 aliphatic carbocycles. The molecule has 2 rings (SSSR count). The standard InChI is InChI=1S/C13H20N2O2/c16-13(17)7-6-12-14-8-9-15(12)10-11-4-2-1-3-5-11/h8-9,11H,1-7,10H2,(H,16,17). The van der Waals surface area contributed by atoms with Crippen LogP contribution in [-0.2, 0) is 17.8 Å². The molecule has 0 amide bonds. The lowest BCUT2D eigenvalue weighted by Crippen LogP contribution is -2.16. The molecule has 0 saturated heterocycles. The monoisotopic (exact) mass is 236 g/mol. The SMILES string of the molecule is O=C(O)CCc1nccn1CC1CCCCC1. The maximum Gasteiger partial charge on any atom is 0.303 e. The van der Waals surface area contributed by atoms with Gasteiger partial charge in [-0.05, 0) is 18.8 Å². The first-order valence-electron chi connectivity index (χ1n) is 6.47. The minimum Gasteiger partial charge on any atom is -0.481 e. The molecule has 0 atom stereocenters. The lowest BCUT2D eigenvalue weighted by atomic mass is 9.89. The summed E-state index contributed by atoms with van der Waals surface area (Å²) in [6.45, 7) is 1.01. The van der Waals surface area contributed by atoms with E-state index >= 15 is 0 Å². The Hall–Kier alpha value is -1.32. The van der Waals surface area contributed by atoms with Crippen molar-refractivity contribution in [3.63, 3.8) is 0 Å². The van der Waals surface area contributed by atoms with Gasteiger partial charge in [0.1, 0.15) is 5.82 Å². The van der Waals surface area contributed by atoms with Gasteiger partial charge in [0.15, 0.2) is 0 Å². The number of carboxylic acids is 1. The van der Waals surface area contributed by atoms with E-state index in [9.17, 15) is 4.79 Å². The van der Waals surface area contributed by atoms with E-state index in [0.717, 1.165) is 18.3 Å². The van der Waals surface area contributed by atoms with Crippen LogP contribution >= 0.6 is 0 Å². The number of imidazole rings is 1. The second-order valence-corrected chi connectivity index (χ2v) is 4.89. The van der Waals surface area contributed by atoms with Gasteiger partial charge in [-0.2, -0.15) is 0 Å². The predicted molar refractivity (Wildman–Crippen MR) is 64.8 cm³/mol. The summed E-state index contributed by atoms with van der Waals surface area (Å²) in [5, 5.41) is 8.69. The Morgan fingerprint density at radius 1 is 1.41 bits per heavy atom. The van der Waals surface area contributed by atoms with Crippen LogP contribution < -0.4 is 0 Å². The molecular formula is C13H20N2O2. The molecule has 1 aromatic heterocycles. The fraction of sp³-hybridized carbons (Fsp3) is 0.692. The maximum atomic E-state index is 10.6. The second-order valence-electron chi connectivity index (χ2n) is 4.89. The average Bonchev–Trinajstić information content (AvgIpc) is 2.75. The van der Waals surface area contributed by atoms with Gasteiger partial charge in [-0.15, -0.1) is 0 Å². The minimum atomic E-state index is -0.753. The van der Waals surface area contributed by atoms with Crippen molar-refractivity contribution < 1.29 is 9.90 Å². The zero-order valence-electron chi connectivity index (χ0n) is 10.1. The van der Waals surface area contributed by atoms with Gasteiger partial charge in [0, 0.05) is 25.4 Å². The van der Waals surface area contributed by atoms with Crippen LogP contribution in [0.4, 0.5) is 0 Å². The zero-order valence-corrected chi connectivity index (χ0v) is 10.1. The van der Waals surface area contributed by atoms with Crippen molar-refractivity contribution in [1.82, 2.24) is 9.55 Å². The molecule has 0 spiro atoms. The van der Waals surface area contributed by atoms with E-state index in [0.29, 0.717) is 6.42 Å². The summed E-state index contributed by atoms with van der Waals surface area (Å²) in [7, 11) is 0. The van der Waals surface area contributed by atoms with E-state index in [4.69, 9.17) is 5.11 Å². The fourth-order valence-corrected chi connectivity index (χ4v) is 2.60. The lowest BCUT2D eigenvalue weighted by Gasteiger charge is -2.22. The molecule has 1 fully saturated rings. The molecule has 1 N–H and O–H groups in total. The minimum absolute atomic E-state index is 0.168. The number of hydrogen-bond acceptors (Lipinski definition) is 2. The molecule has 4 nitrogen and oxygen atoms in total. The highest BCUT2D eigenvalue weighted by Crippen LogP contribution is 2.25. The first-order chi connectivity index (χ1) is 8.25. The molecule has 0 radical (unpaired) electrons. The Labute approximate surface area is 102 Å². The highest BCUT2D eigenvalue weighted by Gasteiger charge is 2.15. The van der Waals surface area contributed by atoms with Crippen LogP contribution in [0.2, 0.25) is 0 Å². The van der Waals surface area contributed by atoms with Crippen molar-refractivity contribution >= 4 is 5.97 Å². The van der Waals surface area contributed by atoms with Crippen molar-refractivity contribution in [3.8, 4) is 0 Å². The molecule has 0 aromatic carbocycles. The topological polar surface area (TPSA) is 55.1 Å². The van der Waals surface area contributed by atoms with E-state index in [1.807, 2.05) is 6.20 Å².